The Labute approximate surface area is 125 Å². The molecule has 0 aromatic heterocycles. The average Bonchev–Trinajstić information content (AvgIpc) is 2.48. The molecule has 1 aliphatic rings. The fraction of sp³-hybridized carbons (Fsp3) is 0.538. The minimum atomic E-state index is -1.56. The maximum atomic E-state index is 10.6. The molecule has 1 fully saturated rings. The van der Waals surface area contributed by atoms with Crippen molar-refractivity contribution < 1.29 is 34.8 Å². The Balaban J connectivity index is 2.11. The summed E-state index contributed by atoms with van der Waals surface area (Å²) in [6.45, 7) is 1.36. The first-order valence-electron chi connectivity index (χ1n) is 6.60. The van der Waals surface area contributed by atoms with Gasteiger partial charge in [-0.05, 0) is 19.1 Å². The van der Waals surface area contributed by atoms with Gasteiger partial charge in [0.2, 0.25) is 6.29 Å². The van der Waals surface area contributed by atoms with E-state index in [1.165, 1.54) is 31.2 Å². The van der Waals surface area contributed by atoms with Gasteiger partial charge < -0.3 is 29.9 Å². The highest BCUT2D eigenvalue weighted by molar-refractivity contribution is 5.36. The molecule has 1 heterocycles. The van der Waals surface area contributed by atoms with Crippen molar-refractivity contribution in [2.75, 3.05) is 0 Å². The largest absolute Gasteiger partial charge is 0.462 e. The van der Waals surface area contributed by atoms with Crippen molar-refractivity contribution in [1.82, 2.24) is 0 Å². The molecule has 0 spiro atoms. The maximum absolute atomic E-state index is 10.6. The number of rotatable bonds is 4. The highest BCUT2D eigenvalue weighted by Gasteiger charge is 2.46. The van der Waals surface area contributed by atoms with Crippen molar-refractivity contribution in [3.05, 3.63) is 34.4 Å². The smallest absolute Gasteiger partial charge is 0.269 e. The van der Waals surface area contributed by atoms with Crippen LogP contribution in [0, 0.1) is 10.1 Å². The van der Waals surface area contributed by atoms with Crippen molar-refractivity contribution in [2.45, 2.75) is 43.7 Å². The number of non-ortho nitro benzene ring substituents is 1. The topological polar surface area (TPSA) is 143 Å². The third kappa shape index (κ3) is 3.34. The zero-order chi connectivity index (χ0) is 16.4. The summed E-state index contributed by atoms with van der Waals surface area (Å²) in [7, 11) is 0. The number of ether oxygens (including phenoxy) is 2. The average molecular weight is 315 g/mol. The third-order valence-electron chi connectivity index (χ3n) is 3.38. The van der Waals surface area contributed by atoms with E-state index in [1.807, 2.05) is 0 Å². The molecule has 0 unspecified atom stereocenters. The molecule has 1 aliphatic heterocycles. The van der Waals surface area contributed by atoms with Crippen LogP contribution in [0.5, 0.6) is 5.75 Å². The Morgan fingerprint density at radius 2 is 1.77 bits per heavy atom. The Bertz CT molecular complexity index is 519. The molecule has 0 aliphatic carbocycles. The fourth-order valence-corrected chi connectivity index (χ4v) is 2.15. The molecule has 0 amide bonds. The molecule has 1 saturated heterocycles. The first kappa shape index (κ1) is 16.6. The van der Waals surface area contributed by atoms with Gasteiger partial charge in [0.15, 0.2) is 0 Å². The van der Waals surface area contributed by atoms with Crippen LogP contribution in [0.1, 0.15) is 6.92 Å². The van der Waals surface area contributed by atoms with Gasteiger partial charge in [-0.25, -0.2) is 0 Å². The van der Waals surface area contributed by atoms with Gasteiger partial charge in [-0.3, -0.25) is 10.1 Å². The van der Waals surface area contributed by atoms with E-state index in [2.05, 4.69) is 0 Å². The molecule has 9 heteroatoms. The molecule has 22 heavy (non-hydrogen) atoms. The molecule has 1 aromatic rings. The molecular weight excluding hydrogens is 298 g/mol. The molecule has 0 saturated carbocycles. The van der Waals surface area contributed by atoms with Gasteiger partial charge in [0.25, 0.3) is 5.69 Å². The summed E-state index contributed by atoms with van der Waals surface area (Å²) in [4.78, 5) is 9.99. The van der Waals surface area contributed by atoms with Crippen molar-refractivity contribution in [3.8, 4) is 5.75 Å². The zero-order valence-electron chi connectivity index (χ0n) is 11.6. The highest BCUT2D eigenvalue weighted by atomic mass is 16.7. The van der Waals surface area contributed by atoms with Crippen LogP contribution in [-0.4, -0.2) is 62.2 Å². The van der Waals surface area contributed by atoms with E-state index in [0.717, 1.165) is 0 Å². The number of aliphatic hydroxyl groups excluding tert-OH is 4. The number of hydrogen-bond acceptors (Lipinski definition) is 8. The van der Waals surface area contributed by atoms with Gasteiger partial charge in [-0.15, -0.1) is 0 Å². The van der Waals surface area contributed by atoms with Crippen molar-refractivity contribution in [2.24, 2.45) is 0 Å². The molecule has 6 atom stereocenters. The summed E-state index contributed by atoms with van der Waals surface area (Å²) in [6, 6.07) is 5.04. The lowest BCUT2D eigenvalue weighted by Gasteiger charge is -2.41. The monoisotopic (exact) mass is 315 g/mol. The maximum Gasteiger partial charge on any atom is 0.269 e. The second-order valence-electron chi connectivity index (χ2n) is 5.05. The van der Waals surface area contributed by atoms with E-state index in [-0.39, 0.29) is 11.4 Å². The van der Waals surface area contributed by atoms with Gasteiger partial charge in [0.1, 0.15) is 30.2 Å². The number of hydrogen-bond donors (Lipinski definition) is 4. The van der Waals surface area contributed by atoms with Crippen LogP contribution >= 0.6 is 0 Å². The summed E-state index contributed by atoms with van der Waals surface area (Å²) in [5.74, 6) is 0.169. The summed E-state index contributed by atoms with van der Waals surface area (Å²) >= 11 is 0. The number of nitro benzene ring substituents is 1. The van der Waals surface area contributed by atoms with Gasteiger partial charge in [0, 0.05) is 12.1 Å². The minimum Gasteiger partial charge on any atom is -0.462 e. The summed E-state index contributed by atoms with van der Waals surface area (Å²) < 4.78 is 10.6. The predicted octanol–water partition coefficient (Wildman–Crippen LogP) is -0.838. The Morgan fingerprint density at radius 1 is 1.18 bits per heavy atom. The number of nitro groups is 1. The van der Waals surface area contributed by atoms with Gasteiger partial charge in [-0.1, -0.05) is 0 Å². The van der Waals surface area contributed by atoms with Gasteiger partial charge in [-0.2, -0.15) is 0 Å². The van der Waals surface area contributed by atoms with E-state index < -0.39 is 41.7 Å². The Kier molecular flexibility index (Phi) is 4.94. The second kappa shape index (κ2) is 6.55. The molecule has 122 valence electrons. The Morgan fingerprint density at radius 3 is 2.27 bits per heavy atom. The molecule has 1 aromatic carbocycles. The third-order valence-corrected chi connectivity index (χ3v) is 3.38. The first-order valence-corrected chi connectivity index (χ1v) is 6.60. The van der Waals surface area contributed by atoms with Gasteiger partial charge >= 0.3 is 0 Å². The van der Waals surface area contributed by atoms with Crippen LogP contribution in [0.2, 0.25) is 0 Å². The first-order chi connectivity index (χ1) is 10.3. The lowest BCUT2D eigenvalue weighted by atomic mass is 9.96. The van der Waals surface area contributed by atoms with E-state index in [4.69, 9.17) is 9.47 Å². The quantitative estimate of drug-likeness (QED) is 0.416. The summed E-state index contributed by atoms with van der Waals surface area (Å²) in [5.41, 5.74) is -0.130. The zero-order valence-corrected chi connectivity index (χ0v) is 11.6. The number of benzene rings is 1. The Hall–Kier alpha value is -1.78. The number of aliphatic hydroxyl groups is 4. The van der Waals surface area contributed by atoms with Crippen molar-refractivity contribution in [1.29, 1.82) is 0 Å². The molecular formula is C13H17NO8. The van der Waals surface area contributed by atoms with E-state index in [9.17, 15) is 30.5 Å². The lowest BCUT2D eigenvalue weighted by Crippen LogP contribution is -2.61. The fourth-order valence-electron chi connectivity index (χ4n) is 2.15. The van der Waals surface area contributed by atoms with Crippen LogP contribution in [0.4, 0.5) is 5.69 Å². The molecule has 2 rings (SSSR count). The molecule has 0 radical (unpaired) electrons. The molecule has 0 bridgehead atoms. The second-order valence-corrected chi connectivity index (χ2v) is 5.05. The standard InChI is InChI=1S/C13H17NO8/c1-6(15)12-10(17)9(16)11(18)13(22-12)21-8-4-2-7(3-5-8)14(19)20/h2-6,9-13,15-18H,1H3/t6-,9-,10+,11+,12+,13+/m0/s1. The predicted molar refractivity (Wildman–Crippen MR) is 72.1 cm³/mol. The van der Waals surface area contributed by atoms with Crippen molar-refractivity contribution >= 4 is 5.69 Å². The summed E-state index contributed by atoms with van der Waals surface area (Å²) in [6.07, 6.45) is -8.13. The normalized spacial score (nSPS) is 33.2. The van der Waals surface area contributed by atoms with Crippen LogP contribution in [0.3, 0.4) is 0 Å². The van der Waals surface area contributed by atoms with Crippen LogP contribution in [0.15, 0.2) is 24.3 Å². The number of nitrogens with zero attached hydrogens (tertiary/aromatic N) is 1. The van der Waals surface area contributed by atoms with E-state index >= 15 is 0 Å². The SMILES string of the molecule is C[C@H](O)[C@H]1O[C@@H](Oc2ccc([N+](=O)[O-])cc2)[C@H](O)[C@@H](O)[C@H]1O. The van der Waals surface area contributed by atoms with Crippen molar-refractivity contribution in [3.63, 3.8) is 0 Å². The van der Waals surface area contributed by atoms with E-state index in [0.29, 0.717) is 0 Å². The van der Waals surface area contributed by atoms with Crippen LogP contribution in [-0.2, 0) is 4.74 Å². The summed E-state index contributed by atoms with van der Waals surface area (Å²) in [5, 5.41) is 49.5. The molecule has 4 N–H and O–H groups in total. The minimum absolute atomic E-state index is 0.130. The molecule has 9 nitrogen and oxygen atoms in total. The lowest BCUT2D eigenvalue weighted by molar-refractivity contribution is -0.384. The van der Waals surface area contributed by atoms with Crippen LogP contribution in [0.25, 0.3) is 0 Å². The highest BCUT2D eigenvalue weighted by Crippen LogP contribution is 2.26. The van der Waals surface area contributed by atoms with E-state index in [1.54, 1.807) is 0 Å². The van der Waals surface area contributed by atoms with Gasteiger partial charge in [0.05, 0.1) is 11.0 Å². The van der Waals surface area contributed by atoms with Crippen LogP contribution < -0.4 is 4.74 Å².